The number of rotatable bonds is 14. The number of primary amides is 1. The molecule has 0 aliphatic heterocycles. The van der Waals surface area contributed by atoms with Gasteiger partial charge in [0.15, 0.2) is 0 Å². The number of nitrogens with one attached hydrogen (secondary N) is 2. The van der Waals surface area contributed by atoms with Gasteiger partial charge in [0.2, 0.25) is 17.7 Å². The quantitative estimate of drug-likeness (QED) is 0.323. The molecule has 0 atom stereocenters. The van der Waals surface area contributed by atoms with Crippen LogP contribution in [-0.2, 0) is 28.6 Å². The predicted molar refractivity (Wildman–Crippen MR) is 78.0 cm³/mol. The van der Waals surface area contributed by atoms with E-state index >= 15 is 0 Å². The summed E-state index contributed by atoms with van der Waals surface area (Å²) in [4.78, 5) is 32.8. The zero-order valence-electron chi connectivity index (χ0n) is 12.9. The molecule has 0 fully saturated rings. The van der Waals surface area contributed by atoms with E-state index in [2.05, 4.69) is 10.6 Å². The van der Waals surface area contributed by atoms with Gasteiger partial charge < -0.3 is 30.6 Å². The minimum atomic E-state index is -0.520. The maximum atomic E-state index is 11.4. The zero-order valence-corrected chi connectivity index (χ0v) is 12.9. The summed E-state index contributed by atoms with van der Waals surface area (Å²) in [6.45, 7) is 3.77. The lowest BCUT2D eigenvalue weighted by molar-refractivity contribution is -0.126. The summed E-state index contributed by atoms with van der Waals surface area (Å²) in [6.07, 6.45) is 0.182. The second kappa shape index (κ2) is 14.2. The number of carbonyl (C=O) groups excluding carboxylic acids is 3. The Labute approximate surface area is 129 Å². The molecule has 0 aromatic rings. The standard InChI is InChI=1S/C13H25N3O6/c1-2-15-13(19)9-16-12(18)3-4-20-5-6-21-7-8-22-10-11(14)17/h2-10H2,1H3,(H2,14,17)(H,15,19)(H,16,18). The first kappa shape index (κ1) is 20.3. The molecule has 9 nitrogen and oxygen atoms in total. The van der Waals surface area contributed by atoms with Gasteiger partial charge in [0.05, 0.1) is 39.6 Å². The topological polar surface area (TPSA) is 129 Å². The van der Waals surface area contributed by atoms with E-state index in [-0.39, 0.29) is 44.6 Å². The van der Waals surface area contributed by atoms with Crippen LogP contribution in [-0.4, -0.2) is 70.5 Å². The van der Waals surface area contributed by atoms with E-state index in [0.717, 1.165) is 0 Å². The van der Waals surface area contributed by atoms with Crippen LogP contribution >= 0.6 is 0 Å². The van der Waals surface area contributed by atoms with Crippen LogP contribution in [0.25, 0.3) is 0 Å². The fourth-order valence-electron chi connectivity index (χ4n) is 1.30. The van der Waals surface area contributed by atoms with Crippen LogP contribution in [0.1, 0.15) is 13.3 Å². The van der Waals surface area contributed by atoms with Gasteiger partial charge in [0.1, 0.15) is 6.61 Å². The molecule has 9 heteroatoms. The third-order valence-corrected chi connectivity index (χ3v) is 2.28. The van der Waals surface area contributed by atoms with Crippen molar-refractivity contribution in [3.8, 4) is 0 Å². The van der Waals surface area contributed by atoms with E-state index in [4.69, 9.17) is 19.9 Å². The van der Waals surface area contributed by atoms with Gasteiger partial charge >= 0.3 is 0 Å². The molecule has 0 aliphatic rings. The van der Waals surface area contributed by atoms with E-state index in [1.54, 1.807) is 6.92 Å². The van der Waals surface area contributed by atoms with Crippen molar-refractivity contribution in [2.24, 2.45) is 5.73 Å². The van der Waals surface area contributed by atoms with Gasteiger partial charge in [-0.1, -0.05) is 0 Å². The molecule has 0 aromatic heterocycles. The molecule has 0 saturated carbocycles. The average molecular weight is 319 g/mol. The first-order valence-corrected chi connectivity index (χ1v) is 7.11. The Bertz CT molecular complexity index is 338. The number of amides is 3. The highest BCUT2D eigenvalue weighted by Gasteiger charge is 2.04. The molecule has 0 heterocycles. The van der Waals surface area contributed by atoms with E-state index < -0.39 is 5.91 Å². The largest absolute Gasteiger partial charge is 0.379 e. The Hall–Kier alpha value is -1.71. The molecule has 0 spiro atoms. The first-order chi connectivity index (χ1) is 10.6. The Morgan fingerprint density at radius 1 is 0.864 bits per heavy atom. The van der Waals surface area contributed by atoms with Crippen LogP contribution in [0.4, 0.5) is 0 Å². The van der Waals surface area contributed by atoms with Gasteiger partial charge in [0, 0.05) is 13.0 Å². The lowest BCUT2D eigenvalue weighted by atomic mass is 10.4. The van der Waals surface area contributed by atoms with Crippen molar-refractivity contribution in [2.45, 2.75) is 13.3 Å². The summed E-state index contributed by atoms with van der Waals surface area (Å²) in [7, 11) is 0. The molecule has 0 aliphatic carbocycles. The van der Waals surface area contributed by atoms with Gasteiger partial charge in [-0.25, -0.2) is 0 Å². The number of likely N-dealkylation sites (N-methyl/N-ethyl adjacent to an activating group) is 1. The molecular weight excluding hydrogens is 294 g/mol. The monoisotopic (exact) mass is 319 g/mol. The molecule has 3 amide bonds. The Morgan fingerprint density at radius 2 is 1.45 bits per heavy atom. The molecule has 4 N–H and O–H groups in total. The smallest absolute Gasteiger partial charge is 0.243 e. The number of hydrogen-bond donors (Lipinski definition) is 3. The second-order valence-corrected chi connectivity index (χ2v) is 4.22. The normalized spacial score (nSPS) is 10.2. The second-order valence-electron chi connectivity index (χ2n) is 4.22. The number of nitrogens with two attached hydrogens (primary N) is 1. The molecule has 0 rings (SSSR count). The number of ether oxygens (including phenoxy) is 3. The highest BCUT2D eigenvalue weighted by molar-refractivity contribution is 5.84. The van der Waals surface area contributed by atoms with Crippen LogP contribution in [0.2, 0.25) is 0 Å². The van der Waals surface area contributed by atoms with Crippen molar-refractivity contribution >= 4 is 17.7 Å². The van der Waals surface area contributed by atoms with Crippen LogP contribution in [0.3, 0.4) is 0 Å². The van der Waals surface area contributed by atoms with E-state index in [9.17, 15) is 14.4 Å². The Morgan fingerprint density at radius 3 is 2.05 bits per heavy atom. The SMILES string of the molecule is CCNC(=O)CNC(=O)CCOCCOCCOCC(N)=O. The summed E-state index contributed by atoms with van der Waals surface area (Å²) < 4.78 is 15.3. The molecule has 0 bridgehead atoms. The summed E-state index contributed by atoms with van der Waals surface area (Å²) in [5.41, 5.74) is 4.89. The molecule has 22 heavy (non-hydrogen) atoms. The summed E-state index contributed by atoms with van der Waals surface area (Å²) in [5, 5.41) is 5.06. The van der Waals surface area contributed by atoms with Crippen molar-refractivity contribution in [3.05, 3.63) is 0 Å². The maximum Gasteiger partial charge on any atom is 0.243 e. The predicted octanol–water partition coefficient (Wildman–Crippen LogP) is -1.84. The minimum absolute atomic E-state index is 0.0267. The fraction of sp³-hybridized carbons (Fsp3) is 0.769. The number of carbonyl (C=O) groups is 3. The van der Waals surface area contributed by atoms with Crippen molar-refractivity contribution in [2.75, 3.05) is 52.7 Å². The molecule has 128 valence electrons. The van der Waals surface area contributed by atoms with E-state index in [1.165, 1.54) is 0 Å². The first-order valence-electron chi connectivity index (χ1n) is 7.11. The maximum absolute atomic E-state index is 11.4. The van der Waals surface area contributed by atoms with E-state index in [1.807, 2.05) is 0 Å². The van der Waals surface area contributed by atoms with Crippen molar-refractivity contribution in [3.63, 3.8) is 0 Å². The highest BCUT2D eigenvalue weighted by atomic mass is 16.5. The van der Waals surface area contributed by atoms with Crippen LogP contribution in [0.5, 0.6) is 0 Å². The molecule has 0 unspecified atom stereocenters. The molecular formula is C13H25N3O6. The Balaban J connectivity index is 3.26. The average Bonchev–Trinajstić information content (AvgIpc) is 2.47. The fourth-order valence-corrected chi connectivity index (χ4v) is 1.30. The third-order valence-electron chi connectivity index (χ3n) is 2.28. The minimum Gasteiger partial charge on any atom is -0.379 e. The summed E-state index contributed by atoms with van der Waals surface area (Å²) in [6, 6.07) is 0. The zero-order chi connectivity index (χ0) is 16.6. The number of hydrogen-bond acceptors (Lipinski definition) is 6. The highest BCUT2D eigenvalue weighted by Crippen LogP contribution is 1.85. The van der Waals surface area contributed by atoms with Gasteiger partial charge in [-0.05, 0) is 6.92 Å². The van der Waals surface area contributed by atoms with Gasteiger partial charge in [-0.15, -0.1) is 0 Å². The van der Waals surface area contributed by atoms with Gasteiger partial charge in [0.25, 0.3) is 0 Å². The van der Waals surface area contributed by atoms with Crippen LogP contribution in [0, 0.1) is 0 Å². The molecule has 0 saturated heterocycles. The molecule has 0 aromatic carbocycles. The van der Waals surface area contributed by atoms with Crippen molar-refractivity contribution < 1.29 is 28.6 Å². The van der Waals surface area contributed by atoms with Gasteiger partial charge in [-0.2, -0.15) is 0 Å². The lowest BCUT2D eigenvalue weighted by Crippen LogP contribution is -2.37. The van der Waals surface area contributed by atoms with E-state index in [0.29, 0.717) is 26.4 Å². The van der Waals surface area contributed by atoms with Crippen LogP contribution < -0.4 is 16.4 Å². The van der Waals surface area contributed by atoms with Gasteiger partial charge in [-0.3, -0.25) is 14.4 Å². The van der Waals surface area contributed by atoms with Crippen molar-refractivity contribution in [1.82, 2.24) is 10.6 Å². The molecule has 0 radical (unpaired) electrons. The third kappa shape index (κ3) is 14.7. The van der Waals surface area contributed by atoms with Crippen LogP contribution in [0.15, 0.2) is 0 Å². The Kier molecular flexibility index (Phi) is 13.1. The summed E-state index contributed by atoms with van der Waals surface area (Å²) in [5.74, 6) is -0.982. The lowest BCUT2D eigenvalue weighted by Gasteiger charge is -2.07. The summed E-state index contributed by atoms with van der Waals surface area (Å²) >= 11 is 0. The van der Waals surface area contributed by atoms with Crippen molar-refractivity contribution in [1.29, 1.82) is 0 Å².